The van der Waals surface area contributed by atoms with Crippen LogP contribution in [0.5, 0.6) is 0 Å². The van der Waals surface area contributed by atoms with Gasteiger partial charge in [0.05, 0.1) is 6.10 Å². The number of aliphatic hydroxyl groups excluding tert-OH is 1. The van der Waals surface area contributed by atoms with Crippen LogP contribution in [0.25, 0.3) is 0 Å². The van der Waals surface area contributed by atoms with Gasteiger partial charge in [-0.05, 0) is 5.92 Å². The van der Waals surface area contributed by atoms with E-state index in [0.717, 1.165) is 18.1 Å². The Morgan fingerprint density at radius 3 is 2.94 bits per heavy atom. The predicted molar refractivity (Wildman–Crippen MR) is 67.6 cm³/mol. The number of rotatable bonds is 5. The van der Waals surface area contributed by atoms with E-state index in [1.807, 2.05) is 25.6 Å². The van der Waals surface area contributed by atoms with Crippen molar-refractivity contribution in [3.8, 4) is 0 Å². The summed E-state index contributed by atoms with van der Waals surface area (Å²) in [5.74, 6) is 2.34. The smallest absolute Gasteiger partial charge is 0.221 e. The van der Waals surface area contributed by atoms with Gasteiger partial charge in [-0.3, -0.25) is 4.79 Å². The number of carbonyl (C=O) groups is 1. The lowest BCUT2D eigenvalue weighted by atomic mass is 10.1. The third-order valence-electron chi connectivity index (χ3n) is 2.71. The molecule has 1 heterocycles. The molecule has 0 aliphatic carbocycles. The Morgan fingerprint density at radius 1 is 1.62 bits per heavy atom. The molecular weight excluding hydrogens is 224 g/mol. The third kappa shape index (κ3) is 5.18. The summed E-state index contributed by atoms with van der Waals surface area (Å²) in [5.41, 5.74) is 0. The van der Waals surface area contributed by atoms with Gasteiger partial charge >= 0.3 is 0 Å². The van der Waals surface area contributed by atoms with Crippen molar-refractivity contribution in [2.45, 2.75) is 32.4 Å². The van der Waals surface area contributed by atoms with Crippen LogP contribution in [0.2, 0.25) is 0 Å². The fourth-order valence-corrected chi connectivity index (χ4v) is 2.45. The first-order valence-corrected chi connectivity index (χ1v) is 7.01. The molecule has 0 aromatic carbocycles. The zero-order chi connectivity index (χ0) is 12.0. The van der Waals surface area contributed by atoms with Gasteiger partial charge in [0.15, 0.2) is 0 Å². The topological polar surface area (TPSA) is 61.4 Å². The zero-order valence-electron chi connectivity index (χ0n) is 10.0. The van der Waals surface area contributed by atoms with E-state index in [1.165, 1.54) is 0 Å². The summed E-state index contributed by atoms with van der Waals surface area (Å²) in [4.78, 5) is 11.6. The van der Waals surface area contributed by atoms with Crippen LogP contribution in [0.15, 0.2) is 0 Å². The molecule has 1 rings (SSSR count). The van der Waals surface area contributed by atoms with Crippen molar-refractivity contribution < 1.29 is 9.90 Å². The van der Waals surface area contributed by atoms with Gasteiger partial charge in [-0.25, -0.2) is 0 Å². The Balaban J connectivity index is 2.14. The molecule has 1 saturated heterocycles. The van der Waals surface area contributed by atoms with Crippen molar-refractivity contribution in [3.63, 3.8) is 0 Å². The van der Waals surface area contributed by atoms with E-state index < -0.39 is 6.10 Å². The highest BCUT2D eigenvalue weighted by Gasteiger charge is 2.17. The average molecular weight is 246 g/mol. The largest absolute Gasteiger partial charge is 0.391 e. The van der Waals surface area contributed by atoms with Crippen molar-refractivity contribution in [2.75, 3.05) is 24.6 Å². The number of aliphatic hydroxyl groups is 1. The van der Waals surface area contributed by atoms with Crippen molar-refractivity contribution in [2.24, 2.45) is 5.92 Å². The van der Waals surface area contributed by atoms with Crippen LogP contribution < -0.4 is 10.6 Å². The molecule has 0 saturated carbocycles. The second-order valence-electron chi connectivity index (χ2n) is 4.55. The fourth-order valence-electron chi connectivity index (χ4n) is 1.50. The SMILES string of the molecule is CC(C)C(O)CNC(=O)CC1CSCCN1. The molecule has 0 aromatic rings. The molecule has 0 aromatic heterocycles. The normalized spacial score (nSPS) is 23.1. The molecular formula is C11H22N2O2S. The molecule has 3 N–H and O–H groups in total. The molecule has 0 spiro atoms. The first kappa shape index (κ1) is 13.8. The van der Waals surface area contributed by atoms with Crippen molar-refractivity contribution >= 4 is 17.7 Å². The molecule has 1 amide bonds. The lowest BCUT2D eigenvalue weighted by Crippen LogP contribution is -2.43. The van der Waals surface area contributed by atoms with Crippen molar-refractivity contribution in [1.82, 2.24) is 10.6 Å². The number of carbonyl (C=O) groups excluding carboxylic acids is 1. The molecule has 94 valence electrons. The highest BCUT2D eigenvalue weighted by atomic mass is 32.2. The highest BCUT2D eigenvalue weighted by Crippen LogP contribution is 2.10. The number of hydrogen-bond acceptors (Lipinski definition) is 4. The van der Waals surface area contributed by atoms with Gasteiger partial charge in [0.1, 0.15) is 0 Å². The number of amides is 1. The minimum absolute atomic E-state index is 0.0275. The van der Waals surface area contributed by atoms with Crippen molar-refractivity contribution in [3.05, 3.63) is 0 Å². The number of nitrogens with one attached hydrogen (secondary N) is 2. The van der Waals surface area contributed by atoms with Crippen LogP contribution in [0.4, 0.5) is 0 Å². The summed E-state index contributed by atoms with van der Waals surface area (Å²) >= 11 is 1.88. The minimum Gasteiger partial charge on any atom is -0.391 e. The minimum atomic E-state index is -0.447. The first-order valence-electron chi connectivity index (χ1n) is 5.85. The molecule has 2 unspecified atom stereocenters. The Morgan fingerprint density at radius 2 is 2.38 bits per heavy atom. The third-order valence-corrected chi connectivity index (χ3v) is 3.84. The molecule has 0 bridgehead atoms. The number of hydrogen-bond donors (Lipinski definition) is 3. The summed E-state index contributed by atoms with van der Waals surface area (Å²) in [7, 11) is 0. The molecule has 1 aliphatic rings. The summed E-state index contributed by atoms with van der Waals surface area (Å²) in [6.07, 6.45) is 0.0651. The summed E-state index contributed by atoms with van der Waals surface area (Å²) in [6, 6.07) is 0.287. The van der Waals surface area contributed by atoms with Crippen LogP contribution in [-0.4, -0.2) is 47.8 Å². The molecule has 1 fully saturated rings. The Hall–Kier alpha value is -0.260. The van der Waals surface area contributed by atoms with Crippen LogP contribution in [-0.2, 0) is 4.79 Å². The second-order valence-corrected chi connectivity index (χ2v) is 5.70. The van der Waals surface area contributed by atoms with Gasteiger partial charge in [-0.15, -0.1) is 0 Å². The van der Waals surface area contributed by atoms with E-state index in [2.05, 4.69) is 10.6 Å². The second kappa shape index (κ2) is 7.14. The van der Waals surface area contributed by atoms with Gasteiger partial charge in [0.25, 0.3) is 0 Å². The number of thioether (sulfide) groups is 1. The maximum atomic E-state index is 11.6. The van der Waals surface area contributed by atoms with E-state index in [9.17, 15) is 9.90 Å². The highest BCUT2D eigenvalue weighted by molar-refractivity contribution is 7.99. The first-order chi connectivity index (χ1) is 7.59. The lowest BCUT2D eigenvalue weighted by Gasteiger charge is -2.23. The van der Waals surface area contributed by atoms with Crippen LogP contribution in [0.3, 0.4) is 0 Å². The molecule has 16 heavy (non-hydrogen) atoms. The summed E-state index contributed by atoms with van der Waals surface area (Å²) in [6.45, 7) is 5.22. The monoisotopic (exact) mass is 246 g/mol. The Kier molecular flexibility index (Phi) is 6.16. The predicted octanol–water partition coefficient (Wildman–Crippen LogP) is 0.215. The van der Waals surface area contributed by atoms with E-state index in [1.54, 1.807) is 0 Å². The molecule has 5 heteroatoms. The molecule has 1 aliphatic heterocycles. The Labute approximate surface area is 102 Å². The van der Waals surface area contributed by atoms with Gasteiger partial charge in [-0.1, -0.05) is 13.8 Å². The van der Waals surface area contributed by atoms with Gasteiger partial charge in [0, 0.05) is 37.1 Å². The lowest BCUT2D eigenvalue weighted by molar-refractivity contribution is -0.122. The Bertz CT molecular complexity index is 218. The van der Waals surface area contributed by atoms with E-state index >= 15 is 0 Å². The fraction of sp³-hybridized carbons (Fsp3) is 0.909. The van der Waals surface area contributed by atoms with Crippen LogP contribution in [0.1, 0.15) is 20.3 Å². The van der Waals surface area contributed by atoms with E-state index in [-0.39, 0.29) is 17.9 Å². The quantitative estimate of drug-likeness (QED) is 0.649. The van der Waals surface area contributed by atoms with Gasteiger partial charge in [0.2, 0.25) is 5.91 Å². The average Bonchev–Trinajstić information content (AvgIpc) is 2.27. The standard InChI is InChI=1S/C11H22N2O2S/c1-8(2)10(14)6-13-11(15)5-9-7-16-4-3-12-9/h8-10,12,14H,3-7H2,1-2H3,(H,13,15). The maximum absolute atomic E-state index is 11.6. The molecule has 0 radical (unpaired) electrons. The maximum Gasteiger partial charge on any atom is 0.221 e. The van der Waals surface area contributed by atoms with Crippen molar-refractivity contribution in [1.29, 1.82) is 0 Å². The van der Waals surface area contributed by atoms with E-state index in [4.69, 9.17) is 0 Å². The van der Waals surface area contributed by atoms with Gasteiger partial charge < -0.3 is 15.7 Å². The molecule has 4 nitrogen and oxygen atoms in total. The van der Waals surface area contributed by atoms with Gasteiger partial charge in [-0.2, -0.15) is 11.8 Å². The summed E-state index contributed by atoms with van der Waals surface area (Å²) < 4.78 is 0. The zero-order valence-corrected chi connectivity index (χ0v) is 10.8. The summed E-state index contributed by atoms with van der Waals surface area (Å²) in [5, 5.41) is 15.6. The van der Waals surface area contributed by atoms with Crippen LogP contribution >= 0.6 is 11.8 Å². The van der Waals surface area contributed by atoms with E-state index in [0.29, 0.717) is 13.0 Å². The van der Waals surface area contributed by atoms with Crippen LogP contribution in [0, 0.1) is 5.92 Å². The molecule has 2 atom stereocenters.